The van der Waals surface area contributed by atoms with E-state index in [1.807, 2.05) is 0 Å². The van der Waals surface area contributed by atoms with E-state index in [0.29, 0.717) is 43.7 Å². The molecule has 2 aliphatic rings. The summed E-state index contributed by atoms with van der Waals surface area (Å²) in [6.07, 6.45) is 2.41. The van der Waals surface area contributed by atoms with Gasteiger partial charge >= 0.3 is 0 Å². The molecule has 2 N–H and O–H groups in total. The first-order valence-corrected chi connectivity index (χ1v) is 10.6. The normalized spacial score (nSPS) is 21.0. The standard InChI is InChI=1S/C17H24ClN3O3S/c1-13(14-2-3-14)19-17(22)12-20-8-10-21(11-9-20)25(23,24)16-6-4-15(18)5-7-16/h4-7,13-14H,2-3,8-12H2,1H3,(H,19,22)/p+1/t13-/m0/s1. The number of hydrogen-bond acceptors (Lipinski definition) is 3. The first-order valence-electron chi connectivity index (χ1n) is 8.75. The van der Waals surface area contributed by atoms with Crippen molar-refractivity contribution in [1.82, 2.24) is 9.62 Å². The van der Waals surface area contributed by atoms with E-state index >= 15 is 0 Å². The third-order valence-corrected chi connectivity index (χ3v) is 7.17. The Morgan fingerprint density at radius 3 is 2.44 bits per heavy atom. The molecular formula is C17H25ClN3O3S+. The molecule has 1 aromatic rings. The number of nitrogens with one attached hydrogen (secondary N) is 2. The number of halogens is 1. The van der Waals surface area contributed by atoms with Crippen LogP contribution in [-0.2, 0) is 14.8 Å². The number of hydrogen-bond donors (Lipinski definition) is 2. The quantitative estimate of drug-likeness (QED) is 0.730. The van der Waals surface area contributed by atoms with Gasteiger partial charge in [-0.2, -0.15) is 4.31 Å². The van der Waals surface area contributed by atoms with Gasteiger partial charge in [-0.3, -0.25) is 4.79 Å². The molecule has 0 radical (unpaired) electrons. The monoisotopic (exact) mass is 386 g/mol. The van der Waals surface area contributed by atoms with Crippen molar-refractivity contribution in [3.8, 4) is 0 Å². The van der Waals surface area contributed by atoms with Crippen molar-refractivity contribution < 1.29 is 18.1 Å². The topological polar surface area (TPSA) is 70.9 Å². The highest BCUT2D eigenvalue weighted by Crippen LogP contribution is 2.32. The number of carbonyl (C=O) groups excluding carboxylic acids is 1. The zero-order valence-electron chi connectivity index (χ0n) is 14.4. The van der Waals surface area contributed by atoms with E-state index < -0.39 is 10.0 Å². The molecule has 1 heterocycles. The molecule has 0 aromatic heterocycles. The zero-order chi connectivity index (χ0) is 18.0. The van der Waals surface area contributed by atoms with Crippen LogP contribution in [0.1, 0.15) is 19.8 Å². The van der Waals surface area contributed by atoms with Crippen LogP contribution in [0.2, 0.25) is 5.02 Å². The Labute approximate surface area is 154 Å². The molecule has 1 amide bonds. The smallest absolute Gasteiger partial charge is 0.275 e. The van der Waals surface area contributed by atoms with Crippen molar-refractivity contribution in [1.29, 1.82) is 0 Å². The second-order valence-electron chi connectivity index (χ2n) is 6.98. The maximum atomic E-state index is 12.6. The van der Waals surface area contributed by atoms with Gasteiger partial charge in [0.15, 0.2) is 6.54 Å². The second kappa shape index (κ2) is 7.61. The van der Waals surface area contributed by atoms with Gasteiger partial charge in [0.2, 0.25) is 10.0 Å². The highest BCUT2D eigenvalue weighted by molar-refractivity contribution is 7.89. The summed E-state index contributed by atoms with van der Waals surface area (Å²) < 4.78 is 26.8. The summed E-state index contributed by atoms with van der Waals surface area (Å²) in [5.41, 5.74) is 0. The van der Waals surface area contributed by atoms with Crippen LogP contribution in [0.15, 0.2) is 29.2 Å². The maximum Gasteiger partial charge on any atom is 0.275 e. The van der Waals surface area contributed by atoms with Gasteiger partial charge in [-0.1, -0.05) is 11.6 Å². The number of sulfonamides is 1. The van der Waals surface area contributed by atoms with Crippen molar-refractivity contribution in [2.75, 3.05) is 32.7 Å². The summed E-state index contributed by atoms with van der Waals surface area (Å²) in [7, 11) is -3.49. The summed E-state index contributed by atoms with van der Waals surface area (Å²) >= 11 is 5.82. The van der Waals surface area contributed by atoms with Crippen molar-refractivity contribution in [3.05, 3.63) is 29.3 Å². The number of piperazine rings is 1. The molecule has 2 fully saturated rings. The lowest BCUT2D eigenvalue weighted by molar-refractivity contribution is -0.895. The summed E-state index contributed by atoms with van der Waals surface area (Å²) in [6.45, 7) is 4.58. The highest BCUT2D eigenvalue weighted by Gasteiger charge is 2.32. The van der Waals surface area contributed by atoms with Crippen LogP contribution in [0.5, 0.6) is 0 Å². The van der Waals surface area contributed by atoms with Crippen molar-refractivity contribution in [2.45, 2.75) is 30.7 Å². The van der Waals surface area contributed by atoms with E-state index in [2.05, 4.69) is 12.2 Å². The lowest BCUT2D eigenvalue weighted by atomic mass is 10.2. The molecule has 8 heteroatoms. The molecule has 3 rings (SSSR count). The lowest BCUT2D eigenvalue weighted by Crippen LogP contribution is -3.15. The van der Waals surface area contributed by atoms with E-state index in [1.165, 1.54) is 29.3 Å². The van der Waals surface area contributed by atoms with E-state index in [-0.39, 0.29) is 16.8 Å². The molecule has 0 unspecified atom stereocenters. The van der Waals surface area contributed by atoms with Crippen LogP contribution in [0.3, 0.4) is 0 Å². The van der Waals surface area contributed by atoms with E-state index in [9.17, 15) is 13.2 Å². The first-order chi connectivity index (χ1) is 11.9. The van der Waals surface area contributed by atoms with Crippen LogP contribution in [-0.4, -0.2) is 57.4 Å². The summed E-state index contributed by atoms with van der Waals surface area (Å²) in [5, 5.41) is 3.57. The lowest BCUT2D eigenvalue weighted by Gasteiger charge is -2.31. The van der Waals surface area contributed by atoms with E-state index in [0.717, 1.165) is 4.90 Å². The maximum absolute atomic E-state index is 12.6. The predicted octanol–water partition coefficient (Wildman–Crippen LogP) is 0.144. The summed E-state index contributed by atoms with van der Waals surface area (Å²) in [5.74, 6) is 0.698. The van der Waals surface area contributed by atoms with Gasteiger partial charge in [0.25, 0.3) is 5.91 Å². The SMILES string of the molecule is C[C@H](NC(=O)C[NH+]1CCN(S(=O)(=O)c2ccc(Cl)cc2)CC1)C1CC1. The largest absolute Gasteiger partial charge is 0.348 e. The Hall–Kier alpha value is -1.15. The Bertz CT molecular complexity index is 711. The average molecular weight is 387 g/mol. The molecule has 1 aromatic carbocycles. The fraction of sp³-hybridized carbons (Fsp3) is 0.588. The van der Waals surface area contributed by atoms with E-state index in [1.54, 1.807) is 12.1 Å². The van der Waals surface area contributed by atoms with Crippen molar-refractivity contribution >= 4 is 27.5 Å². The predicted molar refractivity (Wildman–Crippen MR) is 96.1 cm³/mol. The molecule has 25 heavy (non-hydrogen) atoms. The van der Waals surface area contributed by atoms with Crippen LogP contribution in [0.25, 0.3) is 0 Å². The average Bonchev–Trinajstić information content (AvgIpc) is 3.40. The van der Waals surface area contributed by atoms with Gasteiger partial charge in [-0.15, -0.1) is 0 Å². The zero-order valence-corrected chi connectivity index (χ0v) is 15.9. The number of benzene rings is 1. The van der Waals surface area contributed by atoms with E-state index in [4.69, 9.17) is 11.6 Å². The number of nitrogens with zero attached hydrogens (tertiary/aromatic N) is 1. The third kappa shape index (κ3) is 4.73. The van der Waals surface area contributed by atoms with Gasteiger partial charge in [0.1, 0.15) is 0 Å². The molecule has 1 atom stereocenters. The Morgan fingerprint density at radius 2 is 1.88 bits per heavy atom. The fourth-order valence-corrected chi connectivity index (χ4v) is 4.79. The van der Waals surface area contributed by atoms with Gasteiger partial charge < -0.3 is 10.2 Å². The van der Waals surface area contributed by atoms with Crippen LogP contribution in [0, 0.1) is 5.92 Å². The molecule has 6 nitrogen and oxygen atoms in total. The van der Waals surface area contributed by atoms with Crippen LogP contribution in [0.4, 0.5) is 0 Å². The highest BCUT2D eigenvalue weighted by atomic mass is 35.5. The molecule has 138 valence electrons. The minimum atomic E-state index is -3.49. The molecule has 1 aliphatic carbocycles. The first kappa shape index (κ1) is 18.6. The Balaban J connectivity index is 1.50. The Kier molecular flexibility index (Phi) is 5.68. The fourth-order valence-electron chi connectivity index (χ4n) is 3.22. The molecule has 1 aliphatic heterocycles. The number of rotatable bonds is 6. The Morgan fingerprint density at radius 1 is 1.28 bits per heavy atom. The molecule has 0 bridgehead atoms. The number of quaternary nitrogens is 1. The second-order valence-corrected chi connectivity index (χ2v) is 9.35. The third-order valence-electron chi connectivity index (χ3n) is 5.01. The number of carbonyl (C=O) groups is 1. The minimum absolute atomic E-state index is 0.0587. The van der Waals surface area contributed by atoms with Gasteiger partial charge in [0.05, 0.1) is 31.1 Å². The van der Waals surface area contributed by atoms with Crippen molar-refractivity contribution in [2.24, 2.45) is 5.92 Å². The van der Waals surface area contributed by atoms with Gasteiger partial charge in [-0.05, 0) is 49.9 Å². The molecule has 0 spiro atoms. The summed E-state index contributed by atoms with van der Waals surface area (Å²) in [4.78, 5) is 13.5. The minimum Gasteiger partial charge on any atom is -0.348 e. The van der Waals surface area contributed by atoms with Gasteiger partial charge in [-0.25, -0.2) is 8.42 Å². The van der Waals surface area contributed by atoms with Crippen molar-refractivity contribution in [3.63, 3.8) is 0 Å². The molecular weight excluding hydrogens is 362 g/mol. The van der Waals surface area contributed by atoms with Gasteiger partial charge in [0, 0.05) is 11.1 Å². The summed E-state index contributed by atoms with van der Waals surface area (Å²) in [6, 6.07) is 6.48. The van der Waals surface area contributed by atoms with Crippen LogP contribution < -0.4 is 10.2 Å². The molecule has 1 saturated carbocycles. The number of amides is 1. The van der Waals surface area contributed by atoms with Crippen LogP contribution >= 0.6 is 11.6 Å². The molecule has 1 saturated heterocycles.